The highest BCUT2D eigenvalue weighted by Gasteiger charge is 2.06. The van der Waals surface area contributed by atoms with Crippen LogP contribution in [0.3, 0.4) is 0 Å². The van der Waals surface area contributed by atoms with Gasteiger partial charge in [-0.1, -0.05) is 11.6 Å². The minimum absolute atomic E-state index is 0.574. The van der Waals surface area contributed by atoms with Gasteiger partial charge in [0, 0.05) is 24.9 Å². The lowest BCUT2D eigenvalue weighted by Crippen LogP contribution is -1.71. The third kappa shape index (κ3) is 1.89. The van der Waals surface area contributed by atoms with E-state index in [1.165, 1.54) is 19.9 Å². The van der Waals surface area contributed by atoms with Crippen LogP contribution in [0.15, 0.2) is 23.1 Å². The summed E-state index contributed by atoms with van der Waals surface area (Å²) in [6.45, 7) is 0. The summed E-state index contributed by atoms with van der Waals surface area (Å²) in [5.74, 6) is 0.574. The summed E-state index contributed by atoms with van der Waals surface area (Å²) in [5.41, 5.74) is 0. The molecule has 0 nitrogen and oxygen atoms in total. The molecule has 0 N–H and O–H groups in total. The van der Waals surface area contributed by atoms with Crippen LogP contribution in [0.2, 0.25) is 5.02 Å². The fourth-order valence-corrected chi connectivity index (χ4v) is 3.63. The highest BCUT2D eigenvalue weighted by atomic mass is 35.5. The molecule has 1 aromatic carbocycles. The summed E-state index contributed by atoms with van der Waals surface area (Å²) >= 11 is 15.2. The number of alkyl halides is 1. The smallest absolute Gasteiger partial charge is 0.0568 e. The Hall–Kier alpha value is 0.110. The van der Waals surface area contributed by atoms with Crippen LogP contribution >= 0.6 is 46.3 Å². The molecule has 0 aliphatic heterocycles. The molecule has 2 rings (SSSR count). The molecule has 0 saturated heterocycles. The molecule has 0 fully saturated rings. The van der Waals surface area contributed by atoms with Gasteiger partial charge in [-0.2, -0.15) is 0 Å². The monoisotopic (exact) mass is 262 g/mol. The molecule has 1 heterocycles. The predicted octanol–water partition coefficient (Wildman–Crippen LogP) is 5.02. The number of hydrogen-bond acceptors (Lipinski definition) is 2. The molecule has 0 bridgehead atoms. The van der Waals surface area contributed by atoms with Gasteiger partial charge >= 0.3 is 0 Å². The van der Waals surface area contributed by atoms with E-state index in [0.29, 0.717) is 5.88 Å². The Morgan fingerprint density at radius 1 is 1.36 bits per heavy atom. The maximum Gasteiger partial charge on any atom is 0.0568 e. The molecule has 0 atom stereocenters. The van der Waals surface area contributed by atoms with Crippen LogP contribution in [0.5, 0.6) is 0 Å². The standard InChI is InChI=1S/C10H8Cl2S2/c1-13-9-2-6(12)3-10-8(9)4-7(5-11)14-10/h2-4H,5H2,1H3. The molecule has 0 spiro atoms. The van der Waals surface area contributed by atoms with Crippen molar-refractivity contribution in [2.24, 2.45) is 0 Å². The number of hydrogen-bond donors (Lipinski definition) is 0. The Labute approximate surface area is 101 Å². The van der Waals surface area contributed by atoms with Crippen LogP contribution in [0.1, 0.15) is 4.88 Å². The van der Waals surface area contributed by atoms with Crippen LogP contribution in [0.4, 0.5) is 0 Å². The summed E-state index contributed by atoms with van der Waals surface area (Å²) < 4.78 is 1.22. The third-order valence-electron chi connectivity index (χ3n) is 1.97. The SMILES string of the molecule is CSc1cc(Cl)cc2sc(CCl)cc12. The minimum Gasteiger partial charge on any atom is -0.139 e. The van der Waals surface area contributed by atoms with E-state index in [9.17, 15) is 0 Å². The van der Waals surface area contributed by atoms with E-state index in [-0.39, 0.29) is 0 Å². The van der Waals surface area contributed by atoms with E-state index in [1.54, 1.807) is 23.1 Å². The fourth-order valence-electron chi connectivity index (χ4n) is 1.36. The topological polar surface area (TPSA) is 0 Å². The van der Waals surface area contributed by atoms with Crippen molar-refractivity contribution >= 4 is 56.4 Å². The van der Waals surface area contributed by atoms with Crippen LogP contribution < -0.4 is 0 Å². The average Bonchev–Trinajstić information content (AvgIpc) is 2.59. The molecule has 0 radical (unpaired) electrons. The Balaban J connectivity index is 2.71. The Kier molecular flexibility index (Phi) is 3.27. The number of benzene rings is 1. The molecule has 2 aromatic rings. The second-order valence-electron chi connectivity index (χ2n) is 2.87. The van der Waals surface area contributed by atoms with Crippen LogP contribution in [0, 0.1) is 0 Å². The van der Waals surface area contributed by atoms with Crippen LogP contribution in [-0.2, 0) is 5.88 Å². The van der Waals surface area contributed by atoms with Crippen molar-refractivity contribution in [3.63, 3.8) is 0 Å². The quantitative estimate of drug-likeness (QED) is 0.541. The fraction of sp³-hybridized carbons (Fsp3) is 0.200. The largest absolute Gasteiger partial charge is 0.139 e. The number of halogens is 2. The van der Waals surface area contributed by atoms with Gasteiger partial charge in [0.15, 0.2) is 0 Å². The third-order valence-corrected chi connectivity index (χ3v) is 4.49. The lowest BCUT2D eigenvalue weighted by molar-refractivity contribution is 1.52. The lowest BCUT2D eigenvalue weighted by atomic mass is 10.2. The first-order chi connectivity index (χ1) is 6.74. The summed E-state index contributed by atoms with van der Waals surface area (Å²) in [7, 11) is 0. The van der Waals surface area contributed by atoms with E-state index in [4.69, 9.17) is 23.2 Å². The van der Waals surface area contributed by atoms with Crippen LogP contribution in [0.25, 0.3) is 10.1 Å². The van der Waals surface area contributed by atoms with Gasteiger partial charge in [-0.25, -0.2) is 0 Å². The number of fused-ring (bicyclic) bond motifs is 1. The Morgan fingerprint density at radius 3 is 2.79 bits per heavy atom. The summed E-state index contributed by atoms with van der Waals surface area (Å²) in [6, 6.07) is 6.14. The molecule has 74 valence electrons. The Morgan fingerprint density at radius 2 is 2.14 bits per heavy atom. The van der Waals surface area contributed by atoms with E-state index in [0.717, 1.165) is 5.02 Å². The summed E-state index contributed by atoms with van der Waals surface area (Å²) in [4.78, 5) is 2.42. The first kappa shape index (κ1) is 10.6. The van der Waals surface area contributed by atoms with Gasteiger partial charge in [0.25, 0.3) is 0 Å². The van der Waals surface area contributed by atoms with Crippen molar-refractivity contribution in [1.29, 1.82) is 0 Å². The lowest BCUT2D eigenvalue weighted by Gasteiger charge is -1.99. The van der Waals surface area contributed by atoms with Crippen molar-refractivity contribution in [2.75, 3.05) is 6.26 Å². The van der Waals surface area contributed by atoms with Gasteiger partial charge in [-0.3, -0.25) is 0 Å². The first-order valence-electron chi connectivity index (χ1n) is 4.06. The number of thioether (sulfide) groups is 1. The van der Waals surface area contributed by atoms with Crippen molar-refractivity contribution in [2.45, 2.75) is 10.8 Å². The van der Waals surface area contributed by atoms with Crippen molar-refractivity contribution in [3.05, 3.63) is 28.1 Å². The molecule has 1 aromatic heterocycles. The Bertz CT molecular complexity index is 462. The van der Waals surface area contributed by atoms with Gasteiger partial charge in [0.05, 0.1) is 5.88 Å². The molecule has 0 aliphatic carbocycles. The van der Waals surface area contributed by atoms with Crippen molar-refractivity contribution in [1.82, 2.24) is 0 Å². The first-order valence-corrected chi connectivity index (χ1v) is 7.02. The molecular formula is C10H8Cl2S2. The van der Waals surface area contributed by atoms with Gasteiger partial charge in [-0.15, -0.1) is 34.7 Å². The van der Waals surface area contributed by atoms with E-state index in [2.05, 4.69) is 12.3 Å². The van der Waals surface area contributed by atoms with E-state index >= 15 is 0 Å². The van der Waals surface area contributed by atoms with Gasteiger partial charge in [0.2, 0.25) is 0 Å². The van der Waals surface area contributed by atoms with Crippen molar-refractivity contribution < 1.29 is 0 Å². The average molecular weight is 263 g/mol. The van der Waals surface area contributed by atoms with Gasteiger partial charge in [-0.05, 0) is 24.5 Å². The summed E-state index contributed by atoms with van der Waals surface area (Å²) in [5, 5.41) is 2.06. The summed E-state index contributed by atoms with van der Waals surface area (Å²) in [6.07, 6.45) is 2.06. The molecule has 0 amide bonds. The second-order valence-corrected chi connectivity index (χ2v) is 5.59. The van der Waals surface area contributed by atoms with E-state index in [1.807, 2.05) is 12.1 Å². The molecular weight excluding hydrogens is 255 g/mol. The zero-order chi connectivity index (χ0) is 10.1. The molecule has 0 aliphatic rings. The predicted molar refractivity (Wildman–Crippen MR) is 68.2 cm³/mol. The van der Waals surface area contributed by atoms with Gasteiger partial charge in [0.1, 0.15) is 0 Å². The zero-order valence-electron chi connectivity index (χ0n) is 7.51. The maximum atomic E-state index is 6.02. The minimum atomic E-state index is 0.574. The molecule has 0 saturated carbocycles. The highest BCUT2D eigenvalue weighted by molar-refractivity contribution is 7.98. The number of thiophene rings is 1. The second kappa shape index (κ2) is 4.31. The van der Waals surface area contributed by atoms with E-state index < -0.39 is 0 Å². The molecule has 0 unspecified atom stereocenters. The molecule has 4 heteroatoms. The van der Waals surface area contributed by atoms with Crippen molar-refractivity contribution in [3.8, 4) is 0 Å². The highest BCUT2D eigenvalue weighted by Crippen LogP contribution is 2.35. The number of rotatable bonds is 2. The zero-order valence-corrected chi connectivity index (χ0v) is 10.7. The maximum absolute atomic E-state index is 6.02. The van der Waals surface area contributed by atoms with Gasteiger partial charge < -0.3 is 0 Å². The normalized spacial score (nSPS) is 11.1. The molecule has 14 heavy (non-hydrogen) atoms. The van der Waals surface area contributed by atoms with Crippen LogP contribution in [-0.4, -0.2) is 6.26 Å².